The van der Waals surface area contributed by atoms with Crippen molar-refractivity contribution < 1.29 is 0 Å². The highest BCUT2D eigenvalue weighted by molar-refractivity contribution is 9.10. The van der Waals surface area contributed by atoms with Crippen molar-refractivity contribution in [1.82, 2.24) is 20.0 Å². The third-order valence-corrected chi connectivity index (χ3v) is 4.87. The van der Waals surface area contributed by atoms with Crippen LogP contribution in [0.3, 0.4) is 0 Å². The summed E-state index contributed by atoms with van der Waals surface area (Å²) in [6.45, 7) is 8.76. The van der Waals surface area contributed by atoms with Gasteiger partial charge in [0.1, 0.15) is 0 Å². The van der Waals surface area contributed by atoms with E-state index in [1.54, 1.807) is 0 Å². The van der Waals surface area contributed by atoms with E-state index in [9.17, 15) is 0 Å². The number of aromatic nitrogens is 2. The molecule has 1 fully saturated rings. The van der Waals surface area contributed by atoms with E-state index in [4.69, 9.17) is 0 Å². The van der Waals surface area contributed by atoms with E-state index in [1.807, 2.05) is 11.7 Å². The summed E-state index contributed by atoms with van der Waals surface area (Å²) in [6.07, 6.45) is 3.75. The monoisotopic (exact) mass is 328 g/mol. The predicted molar refractivity (Wildman–Crippen MR) is 82.2 cm³/mol. The summed E-state index contributed by atoms with van der Waals surface area (Å²) in [5.41, 5.74) is 2.37. The number of aryl methyl sites for hydroxylation is 2. The molecule has 0 spiro atoms. The molecule has 1 unspecified atom stereocenters. The van der Waals surface area contributed by atoms with Crippen LogP contribution in [0.1, 0.15) is 37.6 Å². The van der Waals surface area contributed by atoms with Crippen molar-refractivity contribution in [1.29, 1.82) is 0 Å². The van der Waals surface area contributed by atoms with Crippen LogP contribution in [0.25, 0.3) is 0 Å². The first kappa shape index (κ1) is 15.0. The number of nitrogens with zero attached hydrogens (tertiary/aromatic N) is 3. The quantitative estimate of drug-likeness (QED) is 0.921. The highest BCUT2D eigenvalue weighted by Gasteiger charge is 2.20. The largest absolute Gasteiger partial charge is 0.313 e. The fraction of sp³-hybridized carbons (Fsp3) is 0.786. The molecule has 1 aliphatic rings. The summed E-state index contributed by atoms with van der Waals surface area (Å²) >= 11 is 3.67. The average Bonchev–Trinajstić information content (AvgIpc) is 2.58. The van der Waals surface area contributed by atoms with Crippen LogP contribution in [0.4, 0.5) is 0 Å². The molecule has 0 bridgehead atoms. The van der Waals surface area contributed by atoms with Crippen molar-refractivity contribution in [2.45, 2.75) is 45.7 Å². The highest BCUT2D eigenvalue weighted by atomic mass is 79.9. The Kier molecular flexibility index (Phi) is 5.42. The van der Waals surface area contributed by atoms with Crippen molar-refractivity contribution in [3.63, 3.8) is 0 Å². The second-order valence-corrected chi connectivity index (χ2v) is 6.29. The van der Waals surface area contributed by atoms with Crippen LogP contribution in [0.15, 0.2) is 4.47 Å². The van der Waals surface area contributed by atoms with E-state index >= 15 is 0 Å². The Bertz CT molecular complexity index is 416. The molecule has 0 aromatic carbocycles. The van der Waals surface area contributed by atoms with Crippen LogP contribution in [0.2, 0.25) is 0 Å². The standard InChI is InChI=1S/C14H25BrN4/c1-4-6-12-9-19(8-5-7-16-12)10-13-14(15)11(2)17-18(13)3/h12,16H,4-10H2,1-3H3. The van der Waals surface area contributed by atoms with Gasteiger partial charge in [-0.2, -0.15) is 5.10 Å². The van der Waals surface area contributed by atoms with E-state index in [2.05, 4.69) is 45.1 Å². The number of nitrogens with one attached hydrogen (secondary N) is 1. The Balaban J connectivity index is 2.04. The molecular weight excluding hydrogens is 304 g/mol. The van der Waals surface area contributed by atoms with E-state index in [0.717, 1.165) is 25.3 Å². The normalized spacial score (nSPS) is 21.6. The lowest BCUT2D eigenvalue weighted by molar-refractivity contribution is 0.248. The molecule has 1 atom stereocenters. The zero-order chi connectivity index (χ0) is 13.8. The van der Waals surface area contributed by atoms with Crippen LogP contribution < -0.4 is 5.32 Å². The third-order valence-electron chi connectivity index (χ3n) is 3.83. The molecule has 0 aliphatic carbocycles. The SMILES string of the molecule is CCCC1CN(Cc2c(Br)c(C)nn2C)CCCN1. The first-order valence-electron chi connectivity index (χ1n) is 7.25. The molecule has 4 nitrogen and oxygen atoms in total. The maximum Gasteiger partial charge on any atom is 0.0739 e. The average molecular weight is 329 g/mol. The molecule has 108 valence electrons. The number of hydrogen-bond acceptors (Lipinski definition) is 3. The molecule has 0 amide bonds. The number of rotatable bonds is 4. The van der Waals surface area contributed by atoms with Crippen molar-refractivity contribution in [2.75, 3.05) is 19.6 Å². The summed E-state index contributed by atoms with van der Waals surface area (Å²) < 4.78 is 3.17. The van der Waals surface area contributed by atoms with Gasteiger partial charge in [0.05, 0.1) is 15.9 Å². The van der Waals surface area contributed by atoms with E-state index in [-0.39, 0.29) is 0 Å². The van der Waals surface area contributed by atoms with Gasteiger partial charge < -0.3 is 5.32 Å². The minimum absolute atomic E-state index is 0.639. The number of halogens is 1. The van der Waals surface area contributed by atoms with Crippen LogP contribution >= 0.6 is 15.9 Å². The second kappa shape index (κ2) is 6.86. The van der Waals surface area contributed by atoms with Crippen molar-refractivity contribution in [2.24, 2.45) is 7.05 Å². The van der Waals surface area contributed by atoms with Gasteiger partial charge in [0.25, 0.3) is 0 Å². The minimum atomic E-state index is 0.639. The Morgan fingerprint density at radius 1 is 1.47 bits per heavy atom. The van der Waals surface area contributed by atoms with Gasteiger partial charge in [-0.3, -0.25) is 9.58 Å². The van der Waals surface area contributed by atoms with Gasteiger partial charge in [0.2, 0.25) is 0 Å². The smallest absolute Gasteiger partial charge is 0.0739 e. The molecule has 0 radical (unpaired) electrons. The molecule has 1 aromatic rings. The molecule has 2 heterocycles. The zero-order valence-electron chi connectivity index (χ0n) is 12.2. The summed E-state index contributed by atoms with van der Waals surface area (Å²) in [6, 6.07) is 0.639. The van der Waals surface area contributed by atoms with E-state index in [1.165, 1.54) is 36.0 Å². The Hall–Kier alpha value is -0.390. The van der Waals surface area contributed by atoms with Crippen molar-refractivity contribution in [3.8, 4) is 0 Å². The van der Waals surface area contributed by atoms with Crippen LogP contribution in [-0.4, -0.2) is 40.4 Å². The first-order chi connectivity index (χ1) is 9.11. The molecule has 19 heavy (non-hydrogen) atoms. The fourth-order valence-electron chi connectivity index (χ4n) is 2.83. The van der Waals surface area contributed by atoms with E-state index < -0.39 is 0 Å². The van der Waals surface area contributed by atoms with Crippen LogP contribution in [0, 0.1) is 6.92 Å². The topological polar surface area (TPSA) is 33.1 Å². The Labute approximate surface area is 124 Å². The molecule has 1 saturated heterocycles. The second-order valence-electron chi connectivity index (χ2n) is 5.50. The molecular formula is C14H25BrN4. The van der Waals surface area contributed by atoms with Gasteiger partial charge in [-0.15, -0.1) is 0 Å². The lowest BCUT2D eigenvalue weighted by Gasteiger charge is -2.24. The Morgan fingerprint density at radius 2 is 2.26 bits per heavy atom. The summed E-state index contributed by atoms with van der Waals surface area (Å²) in [4.78, 5) is 2.56. The minimum Gasteiger partial charge on any atom is -0.313 e. The maximum absolute atomic E-state index is 4.48. The van der Waals surface area contributed by atoms with E-state index in [0.29, 0.717) is 6.04 Å². The molecule has 1 aromatic heterocycles. The lowest BCUT2D eigenvalue weighted by Crippen LogP contribution is -2.37. The molecule has 0 saturated carbocycles. The predicted octanol–water partition coefficient (Wildman–Crippen LogP) is 2.46. The first-order valence-corrected chi connectivity index (χ1v) is 8.04. The summed E-state index contributed by atoms with van der Waals surface area (Å²) in [7, 11) is 2.03. The molecule has 5 heteroatoms. The van der Waals surface area contributed by atoms with Gasteiger partial charge in [0.15, 0.2) is 0 Å². The highest BCUT2D eigenvalue weighted by Crippen LogP contribution is 2.22. The lowest BCUT2D eigenvalue weighted by atomic mass is 10.1. The van der Waals surface area contributed by atoms with Gasteiger partial charge in [-0.1, -0.05) is 13.3 Å². The number of hydrogen-bond donors (Lipinski definition) is 1. The van der Waals surface area contributed by atoms with Gasteiger partial charge >= 0.3 is 0 Å². The Morgan fingerprint density at radius 3 is 2.89 bits per heavy atom. The van der Waals surface area contributed by atoms with Gasteiger partial charge in [0, 0.05) is 26.2 Å². The van der Waals surface area contributed by atoms with Gasteiger partial charge in [-0.25, -0.2) is 0 Å². The third kappa shape index (κ3) is 3.80. The fourth-order valence-corrected chi connectivity index (χ4v) is 3.29. The molecule has 2 rings (SSSR count). The van der Waals surface area contributed by atoms with Crippen LogP contribution in [-0.2, 0) is 13.6 Å². The van der Waals surface area contributed by atoms with Crippen molar-refractivity contribution >= 4 is 15.9 Å². The van der Waals surface area contributed by atoms with Gasteiger partial charge in [-0.05, 0) is 48.8 Å². The maximum atomic E-state index is 4.48. The zero-order valence-corrected chi connectivity index (χ0v) is 13.8. The van der Waals surface area contributed by atoms with Crippen LogP contribution in [0.5, 0.6) is 0 Å². The summed E-state index contributed by atoms with van der Waals surface area (Å²) in [5, 5.41) is 8.14. The molecule has 1 aliphatic heterocycles. The van der Waals surface area contributed by atoms with Crippen molar-refractivity contribution in [3.05, 3.63) is 15.9 Å². The summed E-state index contributed by atoms with van der Waals surface area (Å²) in [5.74, 6) is 0. The molecule has 1 N–H and O–H groups in total.